The van der Waals surface area contributed by atoms with Crippen molar-refractivity contribution in [1.29, 1.82) is 0 Å². The fourth-order valence-corrected chi connectivity index (χ4v) is 3.95. The highest BCUT2D eigenvalue weighted by Crippen LogP contribution is 2.39. The van der Waals surface area contributed by atoms with E-state index in [1.165, 1.54) is 5.57 Å². The summed E-state index contributed by atoms with van der Waals surface area (Å²) >= 11 is 1.64. The zero-order valence-corrected chi connectivity index (χ0v) is 15.4. The monoisotopic (exact) mass is 337 g/mol. The Morgan fingerprint density at radius 2 is 2.26 bits per heavy atom. The van der Waals surface area contributed by atoms with Gasteiger partial charge in [-0.05, 0) is 39.8 Å². The van der Waals surface area contributed by atoms with Crippen LogP contribution in [0.25, 0.3) is 0 Å². The predicted octanol–water partition coefficient (Wildman–Crippen LogP) is 4.07. The molecule has 0 amide bonds. The molecule has 1 aromatic heterocycles. The number of hydrogen-bond donors (Lipinski definition) is 0. The third-order valence-corrected chi connectivity index (χ3v) is 5.11. The van der Waals surface area contributed by atoms with E-state index in [0.717, 1.165) is 11.4 Å². The van der Waals surface area contributed by atoms with Crippen LogP contribution < -0.4 is 0 Å². The number of rotatable bonds is 6. The summed E-state index contributed by atoms with van der Waals surface area (Å²) in [7, 11) is 1.75. The summed E-state index contributed by atoms with van der Waals surface area (Å²) in [6.45, 7) is 8.87. The highest BCUT2D eigenvalue weighted by atomic mass is 32.2. The Bertz CT molecular complexity index is 518. The van der Waals surface area contributed by atoms with Crippen molar-refractivity contribution in [2.24, 2.45) is 0 Å². The molecule has 2 heterocycles. The van der Waals surface area contributed by atoms with Crippen LogP contribution in [-0.4, -0.2) is 41.9 Å². The zero-order valence-electron chi connectivity index (χ0n) is 14.6. The maximum Gasteiger partial charge on any atom is 0.113 e. The van der Waals surface area contributed by atoms with Crippen molar-refractivity contribution in [3.05, 3.63) is 36.0 Å². The Morgan fingerprint density at radius 3 is 2.87 bits per heavy atom. The number of nitrogens with zero attached hydrogens (tertiary/aromatic N) is 1. The van der Waals surface area contributed by atoms with Crippen molar-refractivity contribution in [2.75, 3.05) is 13.7 Å². The van der Waals surface area contributed by atoms with E-state index in [1.54, 1.807) is 25.1 Å². The van der Waals surface area contributed by atoms with E-state index in [0.29, 0.717) is 6.61 Å². The molecule has 0 bridgehead atoms. The van der Waals surface area contributed by atoms with Crippen LogP contribution in [-0.2, 0) is 14.2 Å². The van der Waals surface area contributed by atoms with Crippen LogP contribution in [0.1, 0.15) is 34.1 Å². The molecule has 1 aromatic rings. The van der Waals surface area contributed by atoms with Gasteiger partial charge in [-0.3, -0.25) is 0 Å². The van der Waals surface area contributed by atoms with E-state index in [2.05, 4.69) is 38.8 Å². The second-order valence-corrected chi connectivity index (χ2v) is 7.49. The molecular weight excluding hydrogens is 310 g/mol. The molecule has 4 nitrogen and oxygen atoms in total. The minimum absolute atomic E-state index is 0.00755. The molecule has 0 aliphatic carbocycles. The van der Waals surface area contributed by atoms with E-state index in [1.807, 2.05) is 18.2 Å². The zero-order chi connectivity index (χ0) is 16.9. The van der Waals surface area contributed by atoms with E-state index in [9.17, 15) is 0 Å². The van der Waals surface area contributed by atoms with Gasteiger partial charge in [0.2, 0.25) is 0 Å². The number of hydrogen-bond acceptors (Lipinski definition) is 5. The van der Waals surface area contributed by atoms with Crippen LogP contribution >= 0.6 is 11.8 Å². The maximum atomic E-state index is 6.15. The Hall–Kier alpha value is -0.880. The van der Waals surface area contributed by atoms with Crippen LogP contribution in [0.4, 0.5) is 0 Å². The molecular formula is C18H27NO3S. The number of pyridine rings is 1. The molecule has 0 unspecified atom stereocenters. The highest BCUT2D eigenvalue weighted by Gasteiger charge is 2.46. The van der Waals surface area contributed by atoms with Crippen LogP contribution in [0, 0.1) is 0 Å². The summed E-state index contributed by atoms with van der Waals surface area (Å²) < 4.78 is 18.0. The van der Waals surface area contributed by atoms with Crippen LogP contribution in [0.15, 0.2) is 41.1 Å². The topological polar surface area (TPSA) is 40.6 Å². The van der Waals surface area contributed by atoms with Gasteiger partial charge < -0.3 is 14.2 Å². The first-order valence-electron chi connectivity index (χ1n) is 7.98. The molecule has 5 heteroatoms. The Kier molecular flexibility index (Phi) is 6.65. The van der Waals surface area contributed by atoms with Gasteiger partial charge in [0.15, 0.2) is 0 Å². The van der Waals surface area contributed by atoms with Gasteiger partial charge in [-0.2, -0.15) is 0 Å². The first-order valence-corrected chi connectivity index (χ1v) is 8.86. The van der Waals surface area contributed by atoms with E-state index < -0.39 is 0 Å². The molecule has 0 N–H and O–H groups in total. The smallest absolute Gasteiger partial charge is 0.113 e. The summed E-state index contributed by atoms with van der Waals surface area (Å²) in [6.07, 6.45) is 4.51. The number of allylic oxidation sites excluding steroid dienone is 1. The second kappa shape index (κ2) is 8.29. The summed E-state index contributed by atoms with van der Waals surface area (Å²) in [5.41, 5.74) is 0.879. The molecule has 1 aliphatic rings. The van der Waals surface area contributed by atoms with Gasteiger partial charge in [0.1, 0.15) is 11.5 Å². The van der Waals surface area contributed by atoms with Gasteiger partial charge in [0, 0.05) is 19.7 Å². The third-order valence-electron chi connectivity index (χ3n) is 4.09. The van der Waals surface area contributed by atoms with Crippen molar-refractivity contribution in [2.45, 2.75) is 62.4 Å². The molecule has 0 saturated carbocycles. The van der Waals surface area contributed by atoms with Crippen LogP contribution in [0.3, 0.4) is 0 Å². The van der Waals surface area contributed by atoms with Crippen molar-refractivity contribution >= 4 is 11.8 Å². The van der Waals surface area contributed by atoms with E-state index >= 15 is 0 Å². The molecule has 1 fully saturated rings. The average molecular weight is 337 g/mol. The molecule has 2 rings (SSSR count). The van der Waals surface area contributed by atoms with Crippen molar-refractivity contribution < 1.29 is 14.2 Å². The fourth-order valence-electron chi connectivity index (χ4n) is 2.75. The van der Waals surface area contributed by atoms with E-state index in [-0.39, 0.29) is 23.2 Å². The Morgan fingerprint density at radius 1 is 1.48 bits per heavy atom. The minimum atomic E-state index is -0.375. The number of ether oxygens (including phenoxy) is 3. The van der Waals surface area contributed by atoms with Crippen LogP contribution in [0.2, 0.25) is 0 Å². The summed E-state index contributed by atoms with van der Waals surface area (Å²) in [5, 5.41) is 0.965. The average Bonchev–Trinajstić information content (AvgIpc) is 2.51. The normalized spacial score (nSPS) is 30.9. The summed E-state index contributed by atoms with van der Waals surface area (Å²) in [6, 6.07) is 5.91. The molecule has 1 aliphatic heterocycles. The van der Waals surface area contributed by atoms with Gasteiger partial charge in [0.05, 0.1) is 23.3 Å². The van der Waals surface area contributed by atoms with Gasteiger partial charge in [-0.25, -0.2) is 4.98 Å². The Balaban J connectivity index is 2.04. The van der Waals surface area contributed by atoms with Crippen molar-refractivity contribution in [3.63, 3.8) is 0 Å². The van der Waals surface area contributed by atoms with Gasteiger partial charge >= 0.3 is 0 Å². The lowest BCUT2D eigenvalue weighted by molar-refractivity contribution is -0.211. The minimum Gasteiger partial charge on any atom is -0.376 e. The molecule has 0 radical (unpaired) electrons. The molecule has 0 aromatic carbocycles. The molecule has 1 saturated heterocycles. The maximum absolute atomic E-state index is 6.15. The standard InChI is InChI=1S/C18H27NO3S/c1-13(2)9-11-21-17-14(3)22-16(12-18(17,4)20-5)23-15-8-6-7-10-19-15/h6-10,14,16-17H,11-12H2,1-5H3/t14-,16+,17-,18+/m0/s1. The number of aromatic nitrogens is 1. The summed E-state index contributed by atoms with van der Waals surface area (Å²) in [4.78, 5) is 4.36. The first kappa shape index (κ1) is 18.5. The van der Waals surface area contributed by atoms with Gasteiger partial charge in [-0.1, -0.05) is 29.5 Å². The van der Waals surface area contributed by atoms with Gasteiger partial charge in [0.25, 0.3) is 0 Å². The molecule has 0 spiro atoms. The van der Waals surface area contributed by atoms with Crippen molar-refractivity contribution in [1.82, 2.24) is 4.98 Å². The SMILES string of the molecule is CO[C@]1(C)C[C@@H](Sc2ccccn2)O[C@@H](C)[C@@H]1OCC=C(C)C. The largest absolute Gasteiger partial charge is 0.376 e. The molecule has 4 atom stereocenters. The van der Waals surface area contributed by atoms with Crippen LogP contribution in [0.5, 0.6) is 0 Å². The number of methoxy groups -OCH3 is 1. The molecule has 128 valence electrons. The number of thioether (sulfide) groups is 1. The highest BCUT2D eigenvalue weighted by molar-refractivity contribution is 7.99. The second-order valence-electron chi connectivity index (χ2n) is 6.31. The van der Waals surface area contributed by atoms with Gasteiger partial charge in [-0.15, -0.1) is 0 Å². The Labute approximate surface area is 143 Å². The third kappa shape index (κ3) is 5.05. The lowest BCUT2D eigenvalue weighted by Crippen LogP contribution is -2.56. The predicted molar refractivity (Wildman–Crippen MR) is 93.6 cm³/mol. The van der Waals surface area contributed by atoms with Crippen molar-refractivity contribution in [3.8, 4) is 0 Å². The first-order chi connectivity index (χ1) is 10.9. The fraction of sp³-hybridized carbons (Fsp3) is 0.611. The summed E-state index contributed by atoms with van der Waals surface area (Å²) in [5.74, 6) is 0. The molecule has 23 heavy (non-hydrogen) atoms. The van der Waals surface area contributed by atoms with E-state index in [4.69, 9.17) is 14.2 Å². The lowest BCUT2D eigenvalue weighted by Gasteiger charge is -2.46. The lowest BCUT2D eigenvalue weighted by atomic mass is 9.89. The quantitative estimate of drug-likeness (QED) is 0.732.